The molecule has 8 heteroatoms. The maximum Gasteiger partial charge on any atom is 0.356 e. The zero-order chi connectivity index (χ0) is 17.7. The largest absolute Gasteiger partial charge is 0.479 e. The van der Waals surface area contributed by atoms with Gasteiger partial charge in [-0.3, -0.25) is 0 Å². The van der Waals surface area contributed by atoms with Crippen LogP contribution in [0.15, 0.2) is 64.6 Å². The van der Waals surface area contributed by atoms with E-state index in [2.05, 4.69) is 5.10 Å². The lowest BCUT2D eigenvalue weighted by Gasteiger charge is -2.19. The number of nitrogens with two attached hydrogens (primary N) is 1. The van der Waals surface area contributed by atoms with Crippen LogP contribution in [0.2, 0.25) is 0 Å². The van der Waals surface area contributed by atoms with Gasteiger partial charge in [0.15, 0.2) is 21.7 Å². The van der Waals surface area contributed by atoms with E-state index in [9.17, 15) is 18.3 Å². The van der Waals surface area contributed by atoms with Crippen molar-refractivity contribution >= 4 is 21.5 Å². The van der Waals surface area contributed by atoms with E-state index in [0.717, 1.165) is 6.26 Å². The molecular weight excluding hydrogens is 332 g/mol. The number of hydrogen-bond acceptors (Lipinski definition) is 6. The topological polar surface area (TPSA) is 119 Å². The molecule has 0 aliphatic carbocycles. The lowest BCUT2D eigenvalue weighted by molar-refractivity contribution is -0.129. The van der Waals surface area contributed by atoms with Gasteiger partial charge in [-0.1, -0.05) is 30.3 Å². The number of hydrazone groups is 1. The van der Waals surface area contributed by atoms with Crippen molar-refractivity contribution < 1.29 is 23.1 Å². The molecule has 126 valence electrons. The summed E-state index contributed by atoms with van der Waals surface area (Å²) in [4.78, 5) is 11.5. The molecule has 0 saturated carbocycles. The lowest BCUT2D eigenvalue weighted by Crippen LogP contribution is -2.27. The van der Waals surface area contributed by atoms with Crippen LogP contribution in [0.5, 0.6) is 5.75 Å². The van der Waals surface area contributed by atoms with Crippen molar-refractivity contribution in [2.75, 3.05) is 6.26 Å². The number of sulfone groups is 1. The maximum atomic E-state index is 11.5. The number of ether oxygens (including phenoxy) is 1. The SMILES string of the molecule is CS(=O)(=O)c1ccc(OC(C(=NN)C(=O)O)c2ccccc2)cc1. The van der Waals surface area contributed by atoms with E-state index >= 15 is 0 Å². The molecule has 3 N–H and O–H groups in total. The fourth-order valence-electron chi connectivity index (χ4n) is 2.05. The Morgan fingerprint density at radius 3 is 2.17 bits per heavy atom. The molecule has 1 atom stereocenters. The number of nitrogens with zero attached hydrogens (tertiary/aromatic N) is 1. The molecule has 2 aromatic rings. The molecule has 0 aromatic heterocycles. The zero-order valence-corrected chi connectivity index (χ0v) is 13.6. The summed E-state index contributed by atoms with van der Waals surface area (Å²) >= 11 is 0. The van der Waals surface area contributed by atoms with Crippen molar-refractivity contribution in [3.05, 3.63) is 60.2 Å². The first kappa shape index (κ1) is 17.5. The second kappa shape index (κ2) is 7.14. The van der Waals surface area contributed by atoms with Gasteiger partial charge >= 0.3 is 5.97 Å². The molecule has 1 unspecified atom stereocenters. The summed E-state index contributed by atoms with van der Waals surface area (Å²) in [7, 11) is -3.33. The first-order chi connectivity index (χ1) is 11.3. The Hall–Kier alpha value is -2.87. The van der Waals surface area contributed by atoms with Crippen LogP contribution in [-0.2, 0) is 14.6 Å². The predicted molar refractivity (Wildman–Crippen MR) is 88.6 cm³/mol. The Labute approximate surface area is 139 Å². The summed E-state index contributed by atoms with van der Waals surface area (Å²) in [6, 6.07) is 14.3. The van der Waals surface area contributed by atoms with E-state index in [4.69, 9.17) is 10.6 Å². The molecule has 24 heavy (non-hydrogen) atoms. The van der Waals surface area contributed by atoms with Crippen molar-refractivity contribution in [3.63, 3.8) is 0 Å². The van der Waals surface area contributed by atoms with Crippen LogP contribution in [0.25, 0.3) is 0 Å². The summed E-state index contributed by atoms with van der Waals surface area (Å²) in [6.07, 6.45) is 0.0666. The Balaban J connectivity index is 2.37. The molecule has 7 nitrogen and oxygen atoms in total. The average Bonchev–Trinajstić information content (AvgIpc) is 2.55. The number of benzene rings is 2. The average molecular weight is 348 g/mol. The molecule has 2 rings (SSSR count). The molecule has 0 aliphatic rings. The Morgan fingerprint density at radius 1 is 1.12 bits per heavy atom. The van der Waals surface area contributed by atoms with Crippen LogP contribution in [0.3, 0.4) is 0 Å². The molecule has 0 radical (unpaired) electrons. The van der Waals surface area contributed by atoms with Gasteiger partial charge in [-0.05, 0) is 29.8 Å². The van der Waals surface area contributed by atoms with E-state index in [1.165, 1.54) is 24.3 Å². The Kier molecular flexibility index (Phi) is 5.20. The molecular formula is C16H16N2O5S. The third kappa shape index (κ3) is 4.11. The first-order valence-corrected chi connectivity index (χ1v) is 8.75. The second-order valence-electron chi connectivity index (χ2n) is 4.97. The molecule has 0 bridgehead atoms. The highest BCUT2D eigenvalue weighted by molar-refractivity contribution is 7.90. The van der Waals surface area contributed by atoms with Gasteiger partial charge in [0.25, 0.3) is 0 Å². The minimum absolute atomic E-state index is 0.136. The smallest absolute Gasteiger partial charge is 0.356 e. The lowest BCUT2D eigenvalue weighted by atomic mass is 10.0. The number of hydrogen-bond donors (Lipinski definition) is 2. The van der Waals surface area contributed by atoms with Gasteiger partial charge in [0.05, 0.1) is 4.90 Å². The summed E-state index contributed by atoms with van der Waals surface area (Å²) < 4.78 is 28.7. The molecule has 0 saturated heterocycles. The number of carboxylic acids is 1. The van der Waals surface area contributed by atoms with E-state index in [1.807, 2.05) is 0 Å². The zero-order valence-electron chi connectivity index (χ0n) is 12.8. The molecule has 0 fully saturated rings. The van der Waals surface area contributed by atoms with E-state index in [0.29, 0.717) is 11.3 Å². The van der Waals surface area contributed by atoms with Crippen molar-refractivity contribution in [2.24, 2.45) is 10.9 Å². The Bertz CT molecular complexity index is 846. The van der Waals surface area contributed by atoms with Gasteiger partial charge in [0.1, 0.15) is 5.75 Å². The van der Waals surface area contributed by atoms with Crippen molar-refractivity contribution in [2.45, 2.75) is 11.0 Å². The van der Waals surface area contributed by atoms with Crippen LogP contribution < -0.4 is 10.6 Å². The van der Waals surface area contributed by atoms with Gasteiger partial charge in [-0.2, -0.15) is 5.10 Å². The van der Waals surface area contributed by atoms with Gasteiger partial charge in [0.2, 0.25) is 0 Å². The third-order valence-corrected chi connectivity index (χ3v) is 4.34. The third-order valence-electron chi connectivity index (χ3n) is 3.21. The first-order valence-electron chi connectivity index (χ1n) is 6.85. The highest BCUT2D eigenvalue weighted by atomic mass is 32.2. The summed E-state index contributed by atoms with van der Waals surface area (Å²) in [5.41, 5.74) is 0.185. The van der Waals surface area contributed by atoms with Gasteiger partial charge in [-0.25, -0.2) is 13.2 Å². The fourth-order valence-corrected chi connectivity index (χ4v) is 2.68. The number of carbonyl (C=O) groups is 1. The second-order valence-corrected chi connectivity index (χ2v) is 6.99. The number of carboxylic acid groups (broad SMARTS) is 1. The predicted octanol–water partition coefficient (Wildman–Crippen LogP) is 1.61. The highest BCUT2D eigenvalue weighted by Crippen LogP contribution is 2.25. The summed E-state index contributed by atoms with van der Waals surface area (Å²) in [5, 5.41) is 12.6. The monoisotopic (exact) mass is 348 g/mol. The molecule has 0 amide bonds. The normalized spacial score (nSPS) is 13.3. The Morgan fingerprint density at radius 2 is 1.71 bits per heavy atom. The minimum atomic E-state index is -3.33. The quantitative estimate of drug-likeness (QED) is 0.465. The van der Waals surface area contributed by atoms with Crippen molar-refractivity contribution in [1.29, 1.82) is 0 Å². The van der Waals surface area contributed by atoms with Gasteiger partial charge < -0.3 is 15.7 Å². The van der Waals surface area contributed by atoms with Gasteiger partial charge in [0, 0.05) is 6.26 Å². The van der Waals surface area contributed by atoms with Crippen molar-refractivity contribution in [1.82, 2.24) is 0 Å². The van der Waals surface area contributed by atoms with Gasteiger partial charge in [-0.15, -0.1) is 0 Å². The van der Waals surface area contributed by atoms with Crippen LogP contribution in [-0.4, -0.2) is 31.5 Å². The highest BCUT2D eigenvalue weighted by Gasteiger charge is 2.26. The molecule has 0 spiro atoms. The molecule has 0 heterocycles. The van der Waals surface area contributed by atoms with Crippen molar-refractivity contribution in [3.8, 4) is 5.75 Å². The van der Waals surface area contributed by atoms with Crippen LogP contribution in [0, 0.1) is 0 Å². The number of aliphatic carboxylic acids is 1. The summed E-state index contributed by atoms with van der Waals surface area (Å²) in [5.74, 6) is 4.18. The molecule has 0 aliphatic heterocycles. The minimum Gasteiger partial charge on any atom is -0.479 e. The van der Waals surface area contributed by atoms with Crippen LogP contribution >= 0.6 is 0 Å². The fraction of sp³-hybridized carbons (Fsp3) is 0.125. The van der Waals surface area contributed by atoms with Crippen LogP contribution in [0.4, 0.5) is 0 Å². The van der Waals surface area contributed by atoms with E-state index in [-0.39, 0.29) is 10.6 Å². The van der Waals surface area contributed by atoms with E-state index < -0.39 is 21.9 Å². The van der Waals surface area contributed by atoms with E-state index in [1.54, 1.807) is 30.3 Å². The van der Waals surface area contributed by atoms with Crippen LogP contribution in [0.1, 0.15) is 11.7 Å². The standard InChI is InChI=1S/C16H16N2O5S/c1-24(21,22)13-9-7-12(8-10-13)23-15(14(18-17)16(19)20)11-5-3-2-4-6-11/h2-10,15H,17H2,1H3,(H,19,20). The summed E-state index contributed by atoms with van der Waals surface area (Å²) in [6.45, 7) is 0. The number of rotatable bonds is 6. The maximum absolute atomic E-state index is 11.5. The molecule has 2 aromatic carbocycles.